The number of carbonyl (C=O) groups is 2. The first-order valence-corrected chi connectivity index (χ1v) is 6.43. The molecule has 0 atom stereocenters. The molecule has 1 amide bonds. The average molecular weight is 274 g/mol. The van der Waals surface area contributed by atoms with E-state index < -0.39 is 11.7 Å². The summed E-state index contributed by atoms with van der Waals surface area (Å²) < 4.78 is 5.09. The van der Waals surface area contributed by atoms with Crippen molar-refractivity contribution < 1.29 is 14.3 Å². The minimum absolute atomic E-state index is 0.0902. The van der Waals surface area contributed by atoms with E-state index in [9.17, 15) is 9.59 Å². The lowest BCUT2D eigenvalue weighted by Crippen LogP contribution is -2.35. The number of Topliss-reactive ketones (excluding diaryl/α,β-unsaturated/α-hetero) is 1. The summed E-state index contributed by atoms with van der Waals surface area (Å²) in [6, 6.07) is 7.37. The lowest BCUT2D eigenvalue weighted by atomic mass is 10.1. The Bertz CT molecular complexity index is 638. The van der Waals surface area contributed by atoms with Crippen molar-refractivity contribution in [3.63, 3.8) is 0 Å². The molecule has 2 aromatic rings. The van der Waals surface area contributed by atoms with Gasteiger partial charge in [-0.25, -0.2) is 4.79 Å². The molecule has 1 aromatic heterocycles. The minimum atomic E-state index is -0.593. The van der Waals surface area contributed by atoms with Gasteiger partial charge in [-0.3, -0.25) is 4.79 Å². The largest absolute Gasteiger partial charge is 0.444 e. The molecular weight excluding hydrogens is 256 g/mol. The van der Waals surface area contributed by atoms with E-state index in [1.165, 1.54) is 0 Å². The molecule has 0 spiro atoms. The third kappa shape index (κ3) is 3.38. The Morgan fingerprint density at radius 1 is 1.25 bits per heavy atom. The molecular formula is C15H18N2O3. The summed E-state index contributed by atoms with van der Waals surface area (Å²) in [7, 11) is 0. The van der Waals surface area contributed by atoms with E-state index in [0.717, 1.165) is 10.9 Å². The first kappa shape index (κ1) is 14.1. The van der Waals surface area contributed by atoms with E-state index in [1.54, 1.807) is 33.0 Å². The molecule has 20 heavy (non-hydrogen) atoms. The molecule has 106 valence electrons. The zero-order valence-corrected chi connectivity index (χ0v) is 11.8. The normalized spacial score (nSPS) is 11.3. The molecule has 0 saturated heterocycles. The predicted octanol–water partition coefficient (Wildman–Crippen LogP) is 2.88. The number of amides is 1. The van der Waals surface area contributed by atoms with Gasteiger partial charge in [0.1, 0.15) is 5.60 Å². The summed E-state index contributed by atoms with van der Waals surface area (Å²) in [4.78, 5) is 26.7. The third-order valence-electron chi connectivity index (χ3n) is 2.68. The maximum atomic E-state index is 12.1. The second kappa shape index (κ2) is 5.36. The summed E-state index contributed by atoms with van der Waals surface area (Å²) in [5.41, 5.74) is 0.763. The molecule has 0 radical (unpaired) electrons. The van der Waals surface area contributed by atoms with E-state index in [0.29, 0.717) is 5.56 Å². The molecule has 0 unspecified atom stereocenters. The van der Waals surface area contributed by atoms with Gasteiger partial charge in [-0.2, -0.15) is 0 Å². The fourth-order valence-electron chi connectivity index (χ4n) is 1.88. The van der Waals surface area contributed by atoms with Gasteiger partial charge >= 0.3 is 6.09 Å². The Hall–Kier alpha value is -2.30. The molecule has 0 aliphatic rings. The van der Waals surface area contributed by atoms with Gasteiger partial charge in [0.15, 0.2) is 5.78 Å². The van der Waals surface area contributed by atoms with E-state index in [-0.39, 0.29) is 12.3 Å². The maximum Gasteiger partial charge on any atom is 0.408 e. The molecule has 5 nitrogen and oxygen atoms in total. The number of nitrogens with one attached hydrogen (secondary N) is 2. The highest BCUT2D eigenvalue weighted by Crippen LogP contribution is 2.17. The van der Waals surface area contributed by atoms with Crippen LogP contribution in [0.3, 0.4) is 0 Å². The van der Waals surface area contributed by atoms with E-state index in [1.807, 2.05) is 18.2 Å². The molecule has 0 bridgehead atoms. The van der Waals surface area contributed by atoms with Gasteiger partial charge in [0.05, 0.1) is 12.1 Å². The topological polar surface area (TPSA) is 71.2 Å². The highest BCUT2D eigenvalue weighted by molar-refractivity contribution is 6.08. The fraction of sp³-hybridized carbons (Fsp3) is 0.333. The van der Waals surface area contributed by atoms with Crippen molar-refractivity contribution in [1.82, 2.24) is 10.3 Å². The summed E-state index contributed by atoms with van der Waals surface area (Å²) in [5.74, 6) is -0.163. The van der Waals surface area contributed by atoms with Crippen LogP contribution in [0.5, 0.6) is 0 Å². The van der Waals surface area contributed by atoms with Gasteiger partial charge in [0.25, 0.3) is 0 Å². The number of fused-ring (bicyclic) bond motifs is 1. The smallest absolute Gasteiger partial charge is 0.408 e. The van der Waals surface area contributed by atoms with Gasteiger partial charge < -0.3 is 15.0 Å². The van der Waals surface area contributed by atoms with Crippen LogP contribution >= 0.6 is 0 Å². The number of H-pyrrole nitrogens is 1. The van der Waals surface area contributed by atoms with E-state index in [2.05, 4.69) is 10.3 Å². The van der Waals surface area contributed by atoms with Crippen molar-refractivity contribution >= 4 is 22.8 Å². The van der Waals surface area contributed by atoms with Crippen LogP contribution in [0.2, 0.25) is 0 Å². The first-order valence-electron chi connectivity index (χ1n) is 6.43. The first-order chi connectivity index (χ1) is 9.37. The summed E-state index contributed by atoms with van der Waals surface area (Å²) in [6.45, 7) is 5.23. The SMILES string of the molecule is CC(C)(C)OC(=O)NCC(=O)c1cccc2cc[nH]c12. The zero-order chi connectivity index (χ0) is 14.8. The number of aromatic nitrogens is 1. The lowest BCUT2D eigenvalue weighted by Gasteiger charge is -2.19. The Kier molecular flexibility index (Phi) is 3.79. The molecule has 2 rings (SSSR count). The number of aromatic amines is 1. The van der Waals surface area contributed by atoms with Crippen molar-refractivity contribution in [3.05, 3.63) is 36.0 Å². The summed E-state index contributed by atoms with van der Waals surface area (Å²) in [6.07, 6.45) is 1.19. The number of carbonyl (C=O) groups excluding carboxylic acids is 2. The average Bonchev–Trinajstić information content (AvgIpc) is 2.81. The van der Waals surface area contributed by atoms with Crippen LogP contribution in [0, 0.1) is 0 Å². The number of ether oxygens (including phenoxy) is 1. The molecule has 0 fully saturated rings. The van der Waals surface area contributed by atoms with Crippen LogP contribution < -0.4 is 5.32 Å². The molecule has 0 aliphatic heterocycles. The van der Waals surface area contributed by atoms with Gasteiger partial charge in [-0.05, 0) is 32.9 Å². The van der Waals surface area contributed by atoms with Crippen LogP contribution in [0.15, 0.2) is 30.5 Å². The zero-order valence-electron chi connectivity index (χ0n) is 11.8. The second-order valence-corrected chi connectivity index (χ2v) is 5.53. The minimum Gasteiger partial charge on any atom is -0.444 e. The van der Waals surface area contributed by atoms with E-state index >= 15 is 0 Å². The standard InChI is InChI=1S/C15H18N2O3/c1-15(2,3)20-14(19)17-9-12(18)11-6-4-5-10-7-8-16-13(10)11/h4-8,16H,9H2,1-3H3,(H,17,19). The third-order valence-corrected chi connectivity index (χ3v) is 2.68. The van der Waals surface area contributed by atoms with Crippen molar-refractivity contribution in [1.29, 1.82) is 0 Å². The van der Waals surface area contributed by atoms with Crippen LogP contribution in [0.4, 0.5) is 4.79 Å². The van der Waals surface area contributed by atoms with Crippen LogP contribution in [0.25, 0.3) is 10.9 Å². The number of ketones is 1. The molecule has 1 aromatic carbocycles. The lowest BCUT2D eigenvalue weighted by molar-refractivity contribution is 0.0520. The van der Waals surface area contributed by atoms with Crippen molar-refractivity contribution in [2.75, 3.05) is 6.54 Å². The molecule has 0 saturated carbocycles. The quantitative estimate of drug-likeness (QED) is 0.845. The van der Waals surface area contributed by atoms with Gasteiger partial charge in [0.2, 0.25) is 0 Å². The monoisotopic (exact) mass is 274 g/mol. The molecule has 5 heteroatoms. The number of benzene rings is 1. The van der Waals surface area contributed by atoms with Gasteiger partial charge in [0, 0.05) is 17.1 Å². The highest BCUT2D eigenvalue weighted by atomic mass is 16.6. The van der Waals surface area contributed by atoms with Crippen LogP contribution in [0.1, 0.15) is 31.1 Å². The van der Waals surface area contributed by atoms with Crippen molar-refractivity contribution in [3.8, 4) is 0 Å². The molecule has 1 heterocycles. The van der Waals surface area contributed by atoms with Crippen LogP contribution in [-0.4, -0.2) is 29.0 Å². The maximum absolute atomic E-state index is 12.1. The molecule has 2 N–H and O–H groups in total. The summed E-state index contributed by atoms with van der Waals surface area (Å²) in [5, 5.41) is 3.44. The highest BCUT2D eigenvalue weighted by Gasteiger charge is 2.17. The number of alkyl carbamates (subject to hydrolysis) is 1. The van der Waals surface area contributed by atoms with Gasteiger partial charge in [-0.15, -0.1) is 0 Å². The Morgan fingerprint density at radius 3 is 2.70 bits per heavy atom. The predicted molar refractivity (Wildman–Crippen MR) is 76.9 cm³/mol. The Morgan fingerprint density at radius 2 is 2.00 bits per heavy atom. The number of para-hydroxylation sites is 1. The second-order valence-electron chi connectivity index (χ2n) is 5.53. The van der Waals surface area contributed by atoms with E-state index in [4.69, 9.17) is 4.74 Å². The van der Waals surface area contributed by atoms with Crippen molar-refractivity contribution in [2.24, 2.45) is 0 Å². The number of hydrogen-bond donors (Lipinski definition) is 2. The van der Waals surface area contributed by atoms with Gasteiger partial charge in [-0.1, -0.05) is 12.1 Å². The fourth-order valence-corrected chi connectivity index (χ4v) is 1.88. The Labute approximate surface area is 117 Å². The number of hydrogen-bond acceptors (Lipinski definition) is 3. The number of rotatable bonds is 3. The molecule has 0 aliphatic carbocycles. The van der Waals surface area contributed by atoms with Crippen LogP contribution in [-0.2, 0) is 4.74 Å². The summed E-state index contributed by atoms with van der Waals surface area (Å²) >= 11 is 0. The Balaban J connectivity index is 2.02. The van der Waals surface area contributed by atoms with Crippen molar-refractivity contribution in [2.45, 2.75) is 26.4 Å².